The molecule has 0 radical (unpaired) electrons. The maximum atomic E-state index is 12.2. The van der Waals surface area contributed by atoms with E-state index in [4.69, 9.17) is 4.74 Å². The lowest BCUT2D eigenvalue weighted by atomic mass is 9.73. The number of rotatable bonds is 3. The van der Waals surface area contributed by atoms with Crippen LogP contribution in [-0.4, -0.2) is 29.7 Å². The van der Waals surface area contributed by atoms with E-state index in [1.807, 2.05) is 0 Å². The zero-order valence-electron chi connectivity index (χ0n) is 12.9. The first kappa shape index (κ1) is 14.7. The molecule has 110 valence electrons. The van der Waals surface area contributed by atoms with Gasteiger partial charge in [0.15, 0.2) is 0 Å². The summed E-state index contributed by atoms with van der Waals surface area (Å²) in [6.07, 6.45) is 6.63. The van der Waals surface area contributed by atoms with Crippen molar-refractivity contribution in [2.75, 3.05) is 6.61 Å². The minimum absolute atomic E-state index is 0.0618. The van der Waals surface area contributed by atoms with Crippen molar-refractivity contribution in [1.29, 1.82) is 0 Å². The molecule has 0 aliphatic carbocycles. The lowest BCUT2D eigenvalue weighted by Crippen LogP contribution is -2.48. The fourth-order valence-electron chi connectivity index (χ4n) is 3.56. The predicted octanol–water partition coefficient (Wildman–Crippen LogP) is 4.21. The minimum atomic E-state index is -0.0618. The molecule has 1 amide bonds. The molecule has 2 heterocycles. The number of carbonyl (C=O) groups is 1. The largest absolute Gasteiger partial charge is 0.449 e. The molecule has 3 nitrogen and oxygen atoms in total. The van der Waals surface area contributed by atoms with Crippen molar-refractivity contribution in [2.45, 2.75) is 78.3 Å². The molecule has 0 saturated carbocycles. The van der Waals surface area contributed by atoms with Gasteiger partial charge in [-0.05, 0) is 43.4 Å². The van der Waals surface area contributed by atoms with Gasteiger partial charge >= 0.3 is 6.09 Å². The van der Waals surface area contributed by atoms with Crippen molar-refractivity contribution in [3.05, 3.63) is 0 Å². The van der Waals surface area contributed by atoms with Crippen molar-refractivity contribution in [1.82, 2.24) is 4.90 Å². The molecule has 2 unspecified atom stereocenters. The molecule has 19 heavy (non-hydrogen) atoms. The number of nitrogens with zero attached hydrogens (tertiary/aromatic N) is 1. The van der Waals surface area contributed by atoms with Crippen molar-refractivity contribution in [2.24, 2.45) is 11.3 Å². The van der Waals surface area contributed by atoms with Gasteiger partial charge in [-0.25, -0.2) is 4.79 Å². The first-order valence-corrected chi connectivity index (χ1v) is 7.88. The number of piperidine rings is 1. The van der Waals surface area contributed by atoms with Gasteiger partial charge in [0, 0.05) is 12.1 Å². The molecule has 0 aromatic rings. The Balaban J connectivity index is 1.93. The second-order valence-electron chi connectivity index (χ2n) is 7.29. The Morgan fingerprint density at radius 3 is 2.26 bits per heavy atom. The summed E-state index contributed by atoms with van der Waals surface area (Å²) in [6.45, 7) is 9.67. The summed E-state index contributed by atoms with van der Waals surface area (Å²) in [6, 6.07) is 0.856. The summed E-state index contributed by atoms with van der Waals surface area (Å²) >= 11 is 0. The molecule has 2 atom stereocenters. The Morgan fingerprint density at radius 1 is 1.21 bits per heavy atom. The summed E-state index contributed by atoms with van der Waals surface area (Å²) in [5.74, 6) is 0.740. The molecule has 2 rings (SSSR count). The monoisotopic (exact) mass is 267 g/mol. The van der Waals surface area contributed by atoms with E-state index in [0.29, 0.717) is 24.1 Å². The summed E-state index contributed by atoms with van der Waals surface area (Å²) in [7, 11) is 0. The van der Waals surface area contributed by atoms with Gasteiger partial charge in [0.1, 0.15) is 0 Å². The van der Waals surface area contributed by atoms with E-state index >= 15 is 0 Å². The summed E-state index contributed by atoms with van der Waals surface area (Å²) in [5.41, 5.74) is 0.360. The summed E-state index contributed by atoms with van der Waals surface area (Å²) in [5, 5.41) is 0. The van der Waals surface area contributed by atoms with E-state index < -0.39 is 0 Å². The van der Waals surface area contributed by atoms with Gasteiger partial charge in [-0.3, -0.25) is 0 Å². The molecular weight excluding hydrogens is 238 g/mol. The molecule has 2 saturated heterocycles. The van der Waals surface area contributed by atoms with Crippen molar-refractivity contribution in [3.8, 4) is 0 Å². The van der Waals surface area contributed by atoms with Crippen LogP contribution in [0, 0.1) is 11.3 Å². The summed E-state index contributed by atoms with van der Waals surface area (Å²) in [4.78, 5) is 14.2. The molecule has 0 aromatic carbocycles. The predicted molar refractivity (Wildman–Crippen MR) is 77.1 cm³/mol. The van der Waals surface area contributed by atoms with Crippen LogP contribution < -0.4 is 0 Å². The Morgan fingerprint density at radius 2 is 1.79 bits per heavy atom. The van der Waals surface area contributed by atoms with Crippen LogP contribution in [0.25, 0.3) is 0 Å². The Kier molecular flexibility index (Phi) is 4.42. The van der Waals surface area contributed by atoms with E-state index in [-0.39, 0.29) is 6.09 Å². The Hall–Kier alpha value is -0.730. The zero-order valence-corrected chi connectivity index (χ0v) is 12.9. The van der Waals surface area contributed by atoms with Crippen LogP contribution in [0.5, 0.6) is 0 Å². The number of carbonyl (C=O) groups excluding carboxylic acids is 1. The highest BCUT2D eigenvalue weighted by Crippen LogP contribution is 2.45. The van der Waals surface area contributed by atoms with Gasteiger partial charge in [-0.15, -0.1) is 0 Å². The molecule has 2 fully saturated rings. The van der Waals surface area contributed by atoms with Gasteiger partial charge in [0.05, 0.1) is 6.61 Å². The normalized spacial score (nSPS) is 30.5. The van der Waals surface area contributed by atoms with Gasteiger partial charge in [-0.2, -0.15) is 0 Å². The average molecular weight is 267 g/mol. The lowest BCUT2D eigenvalue weighted by molar-refractivity contribution is 0.0350. The average Bonchev–Trinajstić information content (AvgIpc) is 2.58. The Bertz CT molecular complexity index is 307. The van der Waals surface area contributed by atoms with Gasteiger partial charge in [-0.1, -0.05) is 34.1 Å². The van der Waals surface area contributed by atoms with Gasteiger partial charge in [0.25, 0.3) is 0 Å². The maximum Gasteiger partial charge on any atom is 0.410 e. The van der Waals surface area contributed by atoms with E-state index in [0.717, 1.165) is 31.6 Å². The third-order valence-corrected chi connectivity index (χ3v) is 4.89. The fourth-order valence-corrected chi connectivity index (χ4v) is 3.56. The van der Waals surface area contributed by atoms with Crippen LogP contribution in [0.15, 0.2) is 0 Å². The van der Waals surface area contributed by atoms with E-state index in [1.165, 1.54) is 12.8 Å². The van der Waals surface area contributed by atoms with Crippen molar-refractivity contribution in [3.63, 3.8) is 0 Å². The standard InChI is InChI=1S/C16H29NO2/c1-5-6-9-19-15(18)17-13-7-8-14(17)11-12(10-13)16(2,3)4/h12-14H,5-11H2,1-4H3. The molecule has 3 heteroatoms. The molecule has 2 bridgehead atoms. The smallest absolute Gasteiger partial charge is 0.410 e. The topological polar surface area (TPSA) is 29.5 Å². The third kappa shape index (κ3) is 3.24. The van der Waals surface area contributed by atoms with Crippen molar-refractivity contribution >= 4 is 6.09 Å². The van der Waals surface area contributed by atoms with E-state index in [9.17, 15) is 4.79 Å². The number of hydrogen-bond acceptors (Lipinski definition) is 2. The molecule has 0 N–H and O–H groups in total. The number of fused-ring (bicyclic) bond motifs is 2. The van der Waals surface area contributed by atoms with Crippen LogP contribution in [-0.2, 0) is 4.74 Å². The highest BCUT2D eigenvalue weighted by Gasteiger charge is 2.46. The highest BCUT2D eigenvalue weighted by atomic mass is 16.6. The molecule has 2 aliphatic heterocycles. The third-order valence-electron chi connectivity index (χ3n) is 4.89. The first-order chi connectivity index (χ1) is 8.93. The van der Waals surface area contributed by atoms with Crippen LogP contribution in [0.1, 0.15) is 66.2 Å². The van der Waals surface area contributed by atoms with Crippen LogP contribution in [0.4, 0.5) is 4.79 Å². The van der Waals surface area contributed by atoms with Crippen molar-refractivity contribution < 1.29 is 9.53 Å². The zero-order chi connectivity index (χ0) is 14.0. The molecule has 0 spiro atoms. The Labute approximate surface area is 117 Å². The molecular formula is C16H29NO2. The number of hydrogen-bond donors (Lipinski definition) is 0. The van der Waals surface area contributed by atoms with Crippen LogP contribution in [0.3, 0.4) is 0 Å². The van der Waals surface area contributed by atoms with Crippen LogP contribution in [0.2, 0.25) is 0 Å². The molecule has 0 aromatic heterocycles. The maximum absolute atomic E-state index is 12.2. The van der Waals surface area contributed by atoms with Crippen LogP contribution >= 0.6 is 0 Å². The van der Waals surface area contributed by atoms with Gasteiger partial charge < -0.3 is 9.64 Å². The first-order valence-electron chi connectivity index (χ1n) is 7.88. The van der Waals surface area contributed by atoms with Gasteiger partial charge in [0.2, 0.25) is 0 Å². The minimum Gasteiger partial charge on any atom is -0.449 e. The van der Waals surface area contributed by atoms with E-state index in [2.05, 4.69) is 32.6 Å². The number of amides is 1. The quantitative estimate of drug-likeness (QED) is 0.717. The second kappa shape index (κ2) is 5.72. The number of unbranched alkanes of at least 4 members (excludes halogenated alkanes) is 1. The lowest BCUT2D eigenvalue weighted by Gasteiger charge is -2.43. The fraction of sp³-hybridized carbons (Fsp3) is 0.938. The molecule has 2 aliphatic rings. The number of ether oxygens (including phenoxy) is 1. The highest BCUT2D eigenvalue weighted by molar-refractivity contribution is 5.69. The second-order valence-corrected chi connectivity index (χ2v) is 7.29. The summed E-state index contributed by atoms with van der Waals surface area (Å²) < 4.78 is 5.41. The van der Waals surface area contributed by atoms with E-state index in [1.54, 1.807) is 0 Å². The SMILES string of the molecule is CCCCOC(=O)N1C2CCC1CC(C(C)(C)C)C2.